The minimum absolute atomic E-state index is 0.00772. The number of rotatable bonds is 5. The third-order valence-electron chi connectivity index (χ3n) is 3.26. The molecule has 2 rings (SSSR count). The van der Waals surface area contributed by atoms with Crippen molar-refractivity contribution in [3.63, 3.8) is 0 Å². The van der Waals surface area contributed by atoms with Crippen molar-refractivity contribution in [2.45, 2.75) is 25.4 Å². The van der Waals surface area contributed by atoms with Gasteiger partial charge in [-0.2, -0.15) is 5.26 Å². The van der Waals surface area contributed by atoms with Crippen LogP contribution < -0.4 is 10.6 Å². The molecule has 1 aromatic carbocycles. The van der Waals surface area contributed by atoms with Crippen molar-refractivity contribution < 1.29 is 9.53 Å². The highest BCUT2D eigenvalue weighted by Crippen LogP contribution is 2.06. The van der Waals surface area contributed by atoms with Gasteiger partial charge in [-0.15, -0.1) is 0 Å². The van der Waals surface area contributed by atoms with Crippen LogP contribution in [-0.4, -0.2) is 31.7 Å². The lowest BCUT2D eigenvalue weighted by Gasteiger charge is -2.23. The smallest absolute Gasteiger partial charge is 0.234 e. The molecular weight excluding hydrogens is 254 g/mol. The number of carbonyl (C=O) groups is 1. The number of nitriles is 1. The lowest BCUT2D eigenvalue weighted by molar-refractivity contribution is -0.121. The number of amides is 1. The molecule has 106 valence electrons. The molecule has 1 aliphatic rings. The molecule has 0 spiro atoms. The van der Waals surface area contributed by atoms with Crippen LogP contribution in [0.4, 0.5) is 0 Å². The highest BCUT2D eigenvalue weighted by molar-refractivity contribution is 5.78. The zero-order chi connectivity index (χ0) is 14.2. The van der Waals surface area contributed by atoms with Gasteiger partial charge in [-0.25, -0.2) is 0 Å². The molecule has 1 fully saturated rings. The van der Waals surface area contributed by atoms with Crippen molar-refractivity contribution in [3.8, 4) is 6.07 Å². The van der Waals surface area contributed by atoms with Crippen LogP contribution in [0.1, 0.15) is 24.0 Å². The van der Waals surface area contributed by atoms with Crippen LogP contribution in [0.5, 0.6) is 0 Å². The zero-order valence-electron chi connectivity index (χ0n) is 11.4. The van der Waals surface area contributed by atoms with Gasteiger partial charge in [0.15, 0.2) is 0 Å². The molecule has 20 heavy (non-hydrogen) atoms. The summed E-state index contributed by atoms with van der Waals surface area (Å²) in [4.78, 5) is 11.8. The molecule has 0 saturated carbocycles. The topological polar surface area (TPSA) is 74.2 Å². The van der Waals surface area contributed by atoms with E-state index in [0.29, 0.717) is 12.1 Å². The van der Waals surface area contributed by atoms with Crippen molar-refractivity contribution in [2.75, 3.05) is 19.8 Å². The number of benzene rings is 1. The first-order valence-electron chi connectivity index (χ1n) is 6.85. The fourth-order valence-corrected chi connectivity index (χ4v) is 2.19. The van der Waals surface area contributed by atoms with Gasteiger partial charge in [0.1, 0.15) is 0 Å². The van der Waals surface area contributed by atoms with Gasteiger partial charge in [0.2, 0.25) is 5.91 Å². The first-order chi connectivity index (χ1) is 9.78. The van der Waals surface area contributed by atoms with Crippen LogP contribution in [0.2, 0.25) is 0 Å². The van der Waals surface area contributed by atoms with Crippen molar-refractivity contribution in [2.24, 2.45) is 0 Å². The van der Waals surface area contributed by atoms with Gasteiger partial charge in [0.05, 0.1) is 18.2 Å². The average molecular weight is 273 g/mol. The van der Waals surface area contributed by atoms with E-state index in [9.17, 15) is 4.79 Å². The maximum absolute atomic E-state index is 11.8. The minimum Gasteiger partial charge on any atom is -0.381 e. The molecule has 0 aromatic heterocycles. The molecule has 0 bridgehead atoms. The van der Waals surface area contributed by atoms with Crippen LogP contribution in [-0.2, 0) is 16.1 Å². The Hall–Kier alpha value is -1.90. The molecule has 0 atom stereocenters. The fourth-order valence-electron chi connectivity index (χ4n) is 2.19. The molecule has 0 radical (unpaired) electrons. The van der Waals surface area contributed by atoms with E-state index in [1.54, 1.807) is 6.07 Å². The molecule has 5 nitrogen and oxygen atoms in total. The normalized spacial score (nSPS) is 15.6. The van der Waals surface area contributed by atoms with Gasteiger partial charge in [-0.1, -0.05) is 12.1 Å². The quantitative estimate of drug-likeness (QED) is 0.837. The number of nitrogens with zero attached hydrogens (tertiary/aromatic N) is 1. The number of nitrogens with one attached hydrogen (secondary N) is 2. The predicted molar refractivity (Wildman–Crippen MR) is 74.8 cm³/mol. The predicted octanol–water partition coefficient (Wildman–Crippen LogP) is 0.943. The summed E-state index contributed by atoms with van der Waals surface area (Å²) in [7, 11) is 0. The number of ether oxygens (including phenoxy) is 1. The van der Waals surface area contributed by atoms with Gasteiger partial charge in [0.25, 0.3) is 0 Å². The summed E-state index contributed by atoms with van der Waals surface area (Å²) in [5, 5.41) is 14.9. The van der Waals surface area contributed by atoms with E-state index in [-0.39, 0.29) is 18.5 Å². The van der Waals surface area contributed by atoms with Crippen LogP contribution in [0.3, 0.4) is 0 Å². The van der Waals surface area contributed by atoms with Crippen molar-refractivity contribution in [1.82, 2.24) is 10.6 Å². The molecule has 0 aliphatic carbocycles. The summed E-state index contributed by atoms with van der Waals surface area (Å²) in [6.45, 7) is 2.31. The number of hydrogen-bond donors (Lipinski definition) is 2. The Morgan fingerprint density at radius 3 is 2.95 bits per heavy atom. The van der Waals surface area contributed by atoms with Gasteiger partial charge in [-0.05, 0) is 30.5 Å². The second kappa shape index (κ2) is 7.63. The lowest BCUT2D eigenvalue weighted by atomic mass is 10.1. The van der Waals surface area contributed by atoms with E-state index in [1.807, 2.05) is 18.2 Å². The molecule has 1 amide bonds. The summed E-state index contributed by atoms with van der Waals surface area (Å²) >= 11 is 0. The van der Waals surface area contributed by atoms with Crippen LogP contribution in [0, 0.1) is 11.3 Å². The molecule has 0 unspecified atom stereocenters. The Bertz CT molecular complexity index is 490. The fraction of sp³-hybridized carbons (Fsp3) is 0.467. The molecule has 2 N–H and O–H groups in total. The number of carbonyl (C=O) groups excluding carboxylic acids is 1. The molecular formula is C15H19N3O2. The van der Waals surface area contributed by atoms with Gasteiger partial charge in [-0.3, -0.25) is 4.79 Å². The van der Waals surface area contributed by atoms with Crippen molar-refractivity contribution >= 4 is 5.91 Å². The highest BCUT2D eigenvalue weighted by atomic mass is 16.5. The van der Waals surface area contributed by atoms with Gasteiger partial charge < -0.3 is 15.4 Å². The third kappa shape index (κ3) is 4.65. The molecule has 1 saturated heterocycles. The minimum atomic E-state index is 0.00772. The van der Waals surface area contributed by atoms with E-state index < -0.39 is 0 Å². The van der Waals surface area contributed by atoms with Gasteiger partial charge >= 0.3 is 0 Å². The first kappa shape index (κ1) is 14.5. The van der Waals surface area contributed by atoms with Crippen molar-refractivity contribution in [3.05, 3.63) is 35.4 Å². The Kier molecular flexibility index (Phi) is 5.54. The second-order valence-corrected chi connectivity index (χ2v) is 4.87. The standard InChI is InChI=1S/C15H19N3O2/c16-9-12-2-1-3-13(8-12)10-17-11-15(19)18-14-4-6-20-7-5-14/h1-3,8,14,17H,4-7,10-11H2,(H,18,19). The molecule has 1 aliphatic heterocycles. The van der Waals surface area contributed by atoms with E-state index >= 15 is 0 Å². The number of hydrogen-bond acceptors (Lipinski definition) is 4. The Morgan fingerprint density at radius 2 is 2.20 bits per heavy atom. The summed E-state index contributed by atoms with van der Waals surface area (Å²) in [5.41, 5.74) is 1.64. The zero-order valence-corrected chi connectivity index (χ0v) is 11.4. The van der Waals surface area contributed by atoms with E-state index in [0.717, 1.165) is 31.6 Å². The van der Waals surface area contributed by atoms with Gasteiger partial charge in [0, 0.05) is 25.8 Å². The summed E-state index contributed by atoms with van der Waals surface area (Å²) in [6, 6.07) is 9.71. The van der Waals surface area contributed by atoms with Crippen LogP contribution >= 0.6 is 0 Å². The Labute approximate surface area is 118 Å². The largest absolute Gasteiger partial charge is 0.381 e. The lowest BCUT2D eigenvalue weighted by Crippen LogP contribution is -2.42. The molecule has 1 heterocycles. The monoisotopic (exact) mass is 273 g/mol. The SMILES string of the molecule is N#Cc1cccc(CNCC(=O)NC2CCOCC2)c1. The highest BCUT2D eigenvalue weighted by Gasteiger charge is 2.15. The second-order valence-electron chi connectivity index (χ2n) is 4.87. The average Bonchev–Trinajstić information content (AvgIpc) is 2.48. The first-order valence-corrected chi connectivity index (χ1v) is 6.85. The van der Waals surface area contributed by atoms with E-state index in [4.69, 9.17) is 10.00 Å². The summed E-state index contributed by atoms with van der Waals surface area (Å²) in [5.74, 6) is 0.00772. The van der Waals surface area contributed by atoms with E-state index in [1.165, 1.54) is 0 Å². The molecule has 5 heteroatoms. The Morgan fingerprint density at radius 1 is 1.40 bits per heavy atom. The summed E-state index contributed by atoms with van der Waals surface area (Å²) < 4.78 is 5.25. The van der Waals surface area contributed by atoms with Crippen LogP contribution in [0.15, 0.2) is 24.3 Å². The van der Waals surface area contributed by atoms with Crippen molar-refractivity contribution in [1.29, 1.82) is 5.26 Å². The molecule has 1 aromatic rings. The third-order valence-corrected chi connectivity index (χ3v) is 3.26. The van der Waals surface area contributed by atoms with Crippen LogP contribution in [0.25, 0.3) is 0 Å². The maximum atomic E-state index is 11.8. The Balaban J connectivity index is 1.69. The summed E-state index contributed by atoms with van der Waals surface area (Å²) in [6.07, 6.45) is 1.77. The maximum Gasteiger partial charge on any atom is 0.234 e. The van der Waals surface area contributed by atoms with E-state index in [2.05, 4.69) is 16.7 Å².